The number of alkyl halides is 3. The number of ether oxygens (including phenoxy) is 1. The molecule has 0 atom stereocenters. The SMILES string of the molecule is Cc1cc(Cn2cc3c(Cl)nccc3n2)cnc1OCCC(F)(F)F. The van der Waals surface area contributed by atoms with E-state index in [1.165, 1.54) is 0 Å². The number of rotatable bonds is 5. The normalized spacial score (nSPS) is 11.9. The van der Waals surface area contributed by atoms with E-state index in [-0.39, 0.29) is 5.88 Å². The molecule has 0 amide bonds. The topological polar surface area (TPSA) is 52.8 Å². The summed E-state index contributed by atoms with van der Waals surface area (Å²) in [4.78, 5) is 8.10. The van der Waals surface area contributed by atoms with E-state index in [1.807, 2.05) is 6.07 Å². The lowest BCUT2D eigenvalue weighted by Gasteiger charge is -2.11. The Morgan fingerprint density at radius 2 is 2.08 bits per heavy atom. The lowest BCUT2D eigenvalue weighted by molar-refractivity contribution is -0.139. The summed E-state index contributed by atoms with van der Waals surface area (Å²) in [6.07, 6.45) is -0.326. The van der Waals surface area contributed by atoms with E-state index in [0.29, 0.717) is 17.3 Å². The van der Waals surface area contributed by atoms with Crippen LogP contribution in [0.3, 0.4) is 0 Å². The highest BCUT2D eigenvalue weighted by molar-refractivity contribution is 6.34. The van der Waals surface area contributed by atoms with Crippen LogP contribution in [0.15, 0.2) is 30.7 Å². The van der Waals surface area contributed by atoms with Gasteiger partial charge in [-0.2, -0.15) is 18.3 Å². The first-order chi connectivity index (χ1) is 11.8. The van der Waals surface area contributed by atoms with Gasteiger partial charge in [0.05, 0.1) is 30.5 Å². The lowest BCUT2D eigenvalue weighted by atomic mass is 10.2. The number of hydrogen-bond acceptors (Lipinski definition) is 4. The molecule has 3 aromatic rings. The van der Waals surface area contributed by atoms with Crippen molar-refractivity contribution in [2.45, 2.75) is 26.1 Å². The summed E-state index contributed by atoms with van der Waals surface area (Å²) in [5.74, 6) is 0.200. The summed E-state index contributed by atoms with van der Waals surface area (Å²) >= 11 is 6.03. The van der Waals surface area contributed by atoms with Crippen LogP contribution in [0.2, 0.25) is 5.15 Å². The van der Waals surface area contributed by atoms with Gasteiger partial charge in [0.1, 0.15) is 5.15 Å². The molecular formula is C16H14ClF3N4O. The number of aryl methyl sites for hydroxylation is 1. The number of aromatic nitrogens is 4. The van der Waals surface area contributed by atoms with Gasteiger partial charge in [0.15, 0.2) is 0 Å². The highest BCUT2D eigenvalue weighted by Crippen LogP contribution is 2.22. The molecule has 0 aliphatic heterocycles. The summed E-state index contributed by atoms with van der Waals surface area (Å²) in [6, 6.07) is 3.57. The van der Waals surface area contributed by atoms with Crippen molar-refractivity contribution >= 4 is 22.5 Å². The maximum absolute atomic E-state index is 12.2. The first kappa shape index (κ1) is 17.5. The molecule has 0 unspecified atom stereocenters. The van der Waals surface area contributed by atoms with Crippen molar-refractivity contribution in [3.63, 3.8) is 0 Å². The zero-order valence-electron chi connectivity index (χ0n) is 13.2. The average Bonchev–Trinajstić information content (AvgIpc) is 2.92. The summed E-state index contributed by atoms with van der Waals surface area (Å²) in [5, 5.41) is 5.54. The van der Waals surface area contributed by atoms with E-state index in [9.17, 15) is 13.2 Å². The Hall–Kier alpha value is -2.35. The fraction of sp³-hybridized carbons (Fsp3) is 0.312. The Morgan fingerprint density at radius 3 is 2.76 bits per heavy atom. The quantitative estimate of drug-likeness (QED) is 0.633. The largest absolute Gasteiger partial charge is 0.477 e. The molecule has 3 rings (SSSR count). The van der Waals surface area contributed by atoms with E-state index in [0.717, 1.165) is 16.5 Å². The van der Waals surface area contributed by atoms with Gasteiger partial charge < -0.3 is 4.74 Å². The van der Waals surface area contributed by atoms with Gasteiger partial charge in [-0.25, -0.2) is 9.97 Å². The highest BCUT2D eigenvalue weighted by atomic mass is 35.5. The number of halogens is 4. The van der Waals surface area contributed by atoms with Gasteiger partial charge in [-0.1, -0.05) is 11.6 Å². The second-order valence-corrected chi connectivity index (χ2v) is 5.90. The minimum atomic E-state index is -4.24. The third-order valence-electron chi connectivity index (χ3n) is 3.49. The zero-order valence-corrected chi connectivity index (χ0v) is 14.0. The zero-order chi connectivity index (χ0) is 18.0. The fourth-order valence-corrected chi connectivity index (χ4v) is 2.55. The van der Waals surface area contributed by atoms with Gasteiger partial charge in [0.2, 0.25) is 5.88 Å². The minimum absolute atomic E-state index is 0.200. The predicted octanol–water partition coefficient (Wildman–Crippen LogP) is 4.17. The molecule has 0 saturated heterocycles. The summed E-state index contributed by atoms with van der Waals surface area (Å²) < 4.78 is 43.3. The first-order valence-corrected chi connectivity index (χ1v) is 7.82. The third kappa shape index (κ3) is 4.39. The van der Waals surface area contributed by atoms with E-state index in [2.05, 4.69) is 15.1 Å². The highest BCUT2D eigenvalue weighted by Gasteiger charge is 2.27. The lowest BCUT2D eigenvalue weighted by Crippen LogP contribution is -2.14. The fourth-order valence-electron chi connectivity index (χ4n) is 2.35. The van der Waals surface area contributed by atoms with Crippen molar-refractivity contribution in [3.05, 3.63) is 47.0 Å². The number of fused-ring (bicyclic) bond motifs is 1. The summed E-state index contributed by atoms with van der Waals surface area (Å²) in [7, 11) is 0. The van der Waals surface area contributed by atoms with Crippen molar-refractivity contribution < 1.29 is 17.9 Å². The Bertz CT molecular complexity index is 895. The third-order valence-corrected chi connectivity index (χ3v) is 3.79. The molecule has 0 saturated carbocycles. The predicted molar refractivity (Wildman–Crippen MR) is 86.8 cm³/mol. The van der Waals surface area contributed by atoms with Crippen LogP contribution in [0.1, 0.15) is 17.5 Å². The smallest absolute Gasteiger partial charge is 0.392 e. The number of pyridine rings is 2. The van der Waals surface area contributed by atoms with E-state index in [4.69, 9.17) is 16.3 Å². The van der Waals surface area contributed by atoms with Crippen molar-refractivity contribution in [1.82, 2.24) is 19.7 Å². The van der Waals surface area contributed by atoms with Crippen LogP contribution in [0, 0.1) is 6.92 Å². The van der Waals surface area contributed by atoms with Crippen LogP contribution < -0.4 is 4.74 Å². The Morgan fingerprint density at radius 1 is 1.28 bits per heavy atom. The van der Waals surface area contributed by atoms with Crippen LogP contribution in [0.25, 0.3) is 10.9 Å². The van der Waals surface area contributed by atoms with Gasteiger partial charge >= 0.3 is 6.18 Å². The van der Waals surface area contributed by atoms with E-state index < -0.39 is 19.2 Å². The molecule has 3 aromatic heterocycles. The Labute approximate surface area is 146 Å². The van der Waals surface area contributed by atoms with Gasteiger partial charge in [-0.05, 0) is 24.6 Å². The molecule has 0 spiro atoms. The van der Waals surface area contributed by atoms with Crippen molar-refractivity contribution in [1.29, 1.82) is 0 Å². The average molecular weight is 371 g/mol. The molecule has 0 aromatic carbocycles. The molecular weight excluding hydrogens is 357 g/mol. The summed E-state index contributed by atoms with van der Waals surface area (Å²) in [6.45, 7) is 1.73. The molecule has 0 aliphatic carbocycles. The van der Waals surface area contributed by atoms with Gasteiger partial charge in [-0.3, -0.25) is 4.68 Å². The van der Waals surface area contributed by atoms with Crippen LogP contribution >= 0.6 is 11.6 Å². The standard InChI is InChI=1S/C16H14ClF3N4O/c1-10-6-11(7-22-15(10)25-5-3-16(18,19)20)8-24-9-12-13(23-24)2-4-21-14(12)17/h2,4,6-7,9H,3,5,8H2,1H3. The molecule has 0 bridgehead atoms. The van der Waals surface area contributed by atoms with Crippen molar-refractivity contribution in [2.24, 2.45) is 0 Å². The minimum Gasteiger partial charge on any atom is -0.477 e. The monoisotopic (exact) mass is 370 g/mol. The molecule has 0 aliphatic rings. The second kappa shape index (κ2) is 6.87. The number of hydrogen-bond donors (Lipinski definition) is 0. The molecule has 25 heavy (non-hydrogen) atoms. The van der Waals surface area contributed by atoms with Crippen LogP contribution in [-0.4, -0.2) is 32.5 Å². The molecule has 5 nitrogen and oxygen atoms in total. The number of nitrogens with zero attached hydrogens (tertiary/aromatic N) is 4. The van der Waals surface area contributed by atoms with E-state index >= 15 is 0 Å². The molecule has 9 heteroatoms. The van der Waals surface area contributed by atoms with Gasteiger partial charge in [0.25, 0.3) is 0 Å². The molecule has 0 N–H and O–H groups in total. The Balaban J connectivity index is 1.70. The van der Waals surface area contributed by atoms with Crippen LogP contribution in [0.4, 0.5) is 13.2 Å². The van der Waals surface area contributed by atoms with Crippen LogP contribution in [0.5, 0.6) is 5.88 Å². The molecule has 3 heterocycles. The maximum Gasteiger partial charge on any atom is 0.392 e. The second-order valence-electron chi connectivity index (χ2n) is 5.54. The van der Waals surface area contributed by atoms with Gasteiger partial charge in [-0.15, -0.1) is 0 Å². The first-order valence-electron chi connectivity index (χ1n) is 7.44. The molecule has 132 valence electrons. The Kier molecular flexibility index (Phi) is 4.80. The van der Waals surface area contributed by atoms with Crippen LogP contribution in [-0.2, 0) is 6.54 Å². The molecule has 0 radical (unpaired) electrons. The van der Waals surface area contributed by atoms with Gasteiger partial charge in [0, 0.05) is 24.2 Å². The van der Waals surface area contributed by atoms with Crippen molar-refractivity contribution in [3.8, 4) is 5.88 Å². The van der Waals surface area contributed by atoms with Crippen molar-refractivity contribution in [2.75, 3.05) is 6.61 Å². The van der Waals surface area contributed by atoms with E-state index in [1.54, 1.807) is 36.3 Å². The summed E-state index contributed by atoms with van der Waals surface area (Å²) in [5.41, 5.74) is 2.24. The maximum atomic E-state index is 12.2. The molecule has 0 fully saturated rings.